The van der Waals surface area contributed by atoms with E-state index in [1.54, 1.807) is 0 Å². The monoisotopic (exact) mass is 195 g/mol. The van der Waals surface area contributed by atoms with Gasteiger partial charge in [-0.1, -0.05) is 0 Å². The van der Waals surface area contributed by atoms with Gasteiger partial charge in [0, 0.05) is 26.2 Å². The normalized spacial score (nSPS) is 18.5. The summed E-state index contributed by atoms with van der Waals surface area (Å²) < 4.78 is 5.20. The summed E-state index contributed by atoms with van der Waals surface area (Å²) in [6, 6.07) is 0.556. The minimum Gasteiger partial charge on any atom is -0.431 e. The van der Waals surface area contributed by atoms with Crippen LogP contribution in [0.15, 0.2) is 10.7 Å². The molecular formula is C9H13N3O2. The van der Waals surface area contributed by atoms with E-state index >= 15 is 0 Å². The molecule has 1 fully saturated rings. The van der Waals surface area contributed by atoms with E-state index in [2.05, 4.69) is 16.9 Å². The van der Waals surface area contributed by atoms with Crippen LogP contribution >= 0.6 is 0 Å². The molecule has 2 rings (SSSR count). The largest absolute Gasteiger partial charge is 0.431 e. The van der Waals surface area contributed by atoms with Gasteiger partial charge in [0.1, 0.15) is 12.0 Å². The van der Waals surface area contributed by atoms with Crippen molar-refractivity contribution in [3.8, 4) is 0 Å². The summed E-state index contributed by atoms with van der Waals surface area (Å²) in [5.41, 5.74) is 0.360. The molecule has 0 aromatic carbocycles. The molecule has 1 aromatic rings. The van der Waals surface area contributed by atoms with Gasteiger partial charge in [0.05, 0.1) is 0 Å². The average Bonchev–Trinajstić information content (AvgIpc) is 2.67. The lowest BCUT2D eigenvalue weighted by atomic mass is 10.3. The number of aldehydes is 1. The van der Waals surface area contributed by atoms with E-state index < -0.39 is 0 Å². The summed E-state index contributed by atoms with van der Waals surface area (Å²) in [6.07, 6.45) is 2.09. The fourth-order valence-corrected chi connectivity index (χ4v) is 1.47. The summed E-state index contributed by atoms with van der Waals surface area (Å²) in [7, 11) is 2.09. The molecule has 0 unspecified atom stereocenters. The van der Waals surface area contributed by atoms with Crippen molar-refractivity contribution >= 4 is 12.3 Å². The first-order valence-corrected chi connectivity index (χ1v) is 4.64. The highest BCUT2D eigenvalue weighted by atomic mass is 16.4. The highest BCUT2D eigenvalue weighted by Crippen LogP contribution is 2.14. The zero-order valence-corrected chi connectivity index (χ0v) is 8.14. The molecule has 14 heavy (non-hydrogen) atoms. The zero-order valence-electron chi connectivity index (χ0n) is 8.14. The van der Waals surface area contributed by atoms with Crippen LogP contribution in [-0.2, 0) is 0 Å². The maximum atomic E-state index is 10.4. The van der Waals surface area contributed by atoms with Gasteiger partial charge in [-0.25, -0.2) is 0 Å². The van der Waals surface area contributed by atoms with Crippen LogP contribution in [0.25, 0.3) is 0 Å². The Morgan fingerprint density at radius 1 is 1.43 bits per heavy atom. The van der Waals surface area contributed by atoms with Gasteiger partial charge in [0.2, 0.25) is 0 Å². The molecule has 0 aliphatic carbocycles. The number of nitrogens with zero attached hydrogens (tertiary/aromatic N) is 3. The molecule has 0 N–H and O–H groups in total. The van der Waals surface area contributed by atoms with E-state index in [9.17, 15) is 4.79 Å². The minimum absolute atomic E-state index is 0.360. The van der Waals surface area contributed by atoms with Gasteiger partial charge in [-0.3, -0.25) is 4.79 Å². The third-order valence-corrected chi connectivity index (χ3v) is 2.40. The van der Waals surface area contributed by atoms with Crippen molar-refractivity contribution in [1.29, 1.82) is 0 Å². The van der Waals surface area contributed by atoms with Crippen LogP contribution < -0.4 is 4.90 Å². The summed E-state index contributed by atoms with van der Waals surface area (Å²) in [6.45, 7) is 3.79. The molecule has 1 aliphatic rings. The second-order valence-electron chi connectivity index (χ2n) is 3.46. The molecule has 0 bridgehead atoms. The van der Waals surface area contributed by atoms with Gasteiger partial charge in [-0.2, -0.15) is 4.98 Å². The average molecular weight is 195 g/mol. The Labute approximate surface area is 82.3 Å². The van der Waals surface area contributed by atoms with Crippen molar-refractivity contribution in [3.05, 3.63) is 12.0 Å². The third kappa shape index (κ3) is 1.77. The van der Waals surface area contributed by atoms with Crippen molar-refractivity contribution in [2.75, 3.05) is 38.1 Å². The number of oxazole rings is 1. The number of anilines is 1. The SMILES string of the molecule is CN1CCN(c2nc(C=O)co2)CC1. The van der Waals surface area contributed by atoms with Crippen LogP contribution in [0.5, 0.6) is 0 Å². The highest BCUT2D eigenvalue weighted by molar-refractivity contribution is 5.71. The quantitative estimate of drug-likeness (QED) is 0.633. The van der Waals surface area contributed by atoms with E-state index in [1.165, 1.54) is 6.26 Å². The molecule has 0 atom stereocenters. The van der Waals surface area contributed by atoms with Crippen LogP contribution in [-0.4, -0.2) is 49.4 Å². The van der Waals surface area contributed by atoms with Crippen LogP contribution in [0.3, 0.4) is 0 Å². The number of aromatic nitrogens is 1. The molecule has 0 saturated carbocycles. The first-order chi connectivity index (χ1) is 6.79. The molecule has 2 heterocycles. The first kappa shape index (κ1) is 9.21. The summed E-state index contributed by atoms with van der Waals surface area (Å²) in [4.78, 5) is 18.8. The van der Waals surface area contributed by atoms with E-state index in [-0.39, 0.29) is 0 Å². The van der Waals surface area contributed by atoms with Crippen LogP contribution in [0, 0.1) is 0 Å². The van der Waals surface area contributed by atoms with E-state index in [4.69, 9.17) is 4.42 Å². The number of likely N-dealkylation sites (N-methyl/N-ethyl adjacent to an activating group) is 1. The van der Waals surface area contributed by atoms with Gasteiger partial charge >= 0.3 is 0 Å². The molecule has 1 aromatic heterocycles. The molecule has 0 amide bonds. The van der Waals surface area contributed by atoms with Gasteiger partial charge in [0.25, 0.3) is 6.01 Å². The summed E-state index contributed by atoms with van der Waals surface area (Å²) in [5, 5.41) is 0. The Balaban J connectivity index is 2.04. The number of carbonyl (C=O) groups is 1. The van der Waals surface area contributed by atoms with E-state index in [1.807, 2.05) is 4.90 Å². The Bertz CT molecular complexity index is 316. The van der Waals surface area contributed by atoms with E-state index in [0.29, 0.717) is 18.0 Å². The lowest BCUT2D eigenvalue weighted by Crippen LogP contribution is -2.44. The van der Waals surface area contributed by atoms with Crippen LogP contribution in [0.1, 0.15) is 10.5 Å². The van der Waals surface area contributed by atoms with Crippen molar-refractivity contribution in [2.24, 2.45) is 0 Å². The molecule has 0 radical (unpaired) electrons. The fraction of sp³-hybridized carbons (Fsp3) is 0.556. The number of piperazine rings is 1. The van der Waals surface area contributed by atoms with Crippen molar-refractivity contribution in [1.82, 2.24) is 9.88 Å². The van der Waals surface area contributed by atoms with Crippen molar-refractivity contribution in [3.63, 3.8) is 0 Å². The zero-order chi connectivity index (χ0) is 9.97. The van der Waals surface area contributed by atoms with Crippen LogP contribution in [0.4, 0.5) is 6.01 Å². The Morgan fingerprint density at radius 3 is 2.71 bits per heavy atom. The minimum atomic E-state index is 0.360. The molecule has 5 heteroatoms. The molecular weight excluding hydrogens is 182 g/mol. The second kappa shape index (κ2) is 3.79. The number of carbonyl (C=O) groups excluding carboxylic acids is 1. The third-order valence-electron chi connectivity index (χ3n) is 2.40. The number of rotatable bonds is 2. The summed E-state index contributed by atoms with van der Waals surface area (Å²) in [5.74, 6) is 0. The predicted molar refractivity (Wildman–Crippen MR) is 51.6 cm³/mol. The topological polar surface area (TPSA) is 49.6 Å². The maximum absolute atomic E-state index is 10.4. The lowest BCUT2D eigenvalue weighted by Gasteiger charge is -2.31. The molecule has 1 aliphatic heterocycles. The van der Waals surface area contributed by atoms with Gasteiger partial charge in [-0.05, 0) is 7.05 Å². The van der Waals surface area contributed by atoms with Gasteiger partial charge < -0.3 is 14.2 Å². The first-order valence-electron chi connectivity index (χ1n) is 4.64. The smallest absolute Gasteiger partial charge is 0.297 e. The number of hydrogen-bond acceptors (Lipinski definition) is 5. The number of hydrogen-bond donors (Lipinski definition) is 0. The second-order valence-corrected chi connectivity index (χ2v) is 3.46. The highest BCUT2D eigenvalue weighted by Gasteiger charge is 2.18. The van der Waals surface area contributed by atoms with E-state index in [0.717, 1.165) is 26.2 Å². The molecule has 76 valence electrons. The summed E-state index contributed by atoms with van der Waals surface area (Å²) >= 11 is 0. The molecule has 1 saturated heterocycles. The fourth-order valence-electron chi connectivity index (χ4n) is 1.47. The van der Waals surface area contributed by atoms with Crippen LogP contribution in [0.2, 0.25) is 0 Å². The standard InChI is InChI=1S/C9H13N3O2/c1-11-2-4-12(5-3-11)9-10-8(6-13)7-14-9/h6-7H,2-5H2,1H3. The molecule has 0 spiro atoms. The Hall–Kier alpha value is -1.36. The van der Waals surface area contributed by atoms with Crippen molar-refractivity contribution in [2.45, 2.75) is 0 Å². The lowest BCUT2D eigenvalue weighted by molar-refractivity contribution is 0.111. The van der Waals surface area contributed by atoms with Gasteiger partial charge in [-0.15, -0.1) is 0 Å². The van der Waals surface area contributed by atoms with Gasteiger partial charge in [0.15, 0.2) is 6.29 Å². The Kier molecular flexibility index (Phi) is 2.49. The molecule has 5 nitrogen and oxygen atoms in total. The van der Waals surface area contributed by atoms with Crippen molar-refractivity contribution < 1.29 is 9.21 Å². The maximum Gasteiger partial charge on any atom is 0.297 e. The predicted octanol–water partition coefficient (Wildman–Crippen LogP) is 0.239. The Morgan fingerprint density at radius 2 is 2.14 bits per heavy atom.